The van der Waals surface area contributed by atoms with Crippen molar-refractivity contribution in [1.29, 1.82) is 0 Å². The third-order valence-corrected chi connectivity index (χ3v) is 3.15. The van der Waals surface area contributed by atoms with Crippen LogP contribution in [0.5, 0.6) is 0 Å². The highest BCUT2D eigenvalue weighted by molar-refractivity contribution is 7.90. The molecule has 1 heterocycles. The molecular weight excluding hydrogens is 226 g/mol. The molecular formula is C7H12ClN3O2S. The van der Waals surface area contributed by atoms with Crippen LogP contribution >= 0.6 is 11.6 Å². The van der Waals surface area contributed by atoms with Crippen LogP contribution in [0.3, 0.4) is 0 Å². The molecule has 0 bridgehead atoms. The van der Waals surface area contributed by atoms with E-state index in [9.17, 15) is 8.42 Å². The van der Waals surface area contributed by atoms with Gasteiger partial charge in [0, 0.05) is 12.3 Å². The molecule has 0 fully saturated rings. The molecule has 0 aliphatic carbocycles. The predicted octanol–water partition coefficient (Wildman–Crippen LogP) is 0.846. The van der Waals surface area contributed by atoms with Gasteiger partial charge in [-0.25, -0.2) is 8.42 Å². The van der Waals surface area contributed by atoms with Crippen molar-refractivity contribution in [2.75, 3.05) is 12.0 Å². The highest BCUT2D eigenvalue weighted by Crippen LogP contribution is 2.16. The Balaban J connectivity index is 2.95. The molecule has 0 saturated carbocycles. The van der Waals surface area contributed by atoms with Gasteiger partial charge in [-0.1, -0.05) is 0 Å². The quantitative estimate of drug-likeness (QED) is 0.782. The van der Waals surface area contributed by atoms with E-state index in [4.69, 9.17) is 11.6 Å². The Hall–Kier alpha value is -0.620. The zero-order valence-corrected chi connectivity index (χ0v) is 9.80. The van der Waals surface area contributed by atoms with Gasteiger partial charge in [0.05, 0.1) is 5.75 Å². The molecule has 0 N–H and O–H groups in total. The molecule has 0 aliphatic heterocycles. The number of hydrogen-bond acceptors (Lipinski definition) is 4. The Morgan fingerprint density at radius 2 is 2.07 bits per heavy atom. The summed E-state index contributed by atoms with van der Waals surface area (Å²) in [6.45, 7) is 3.50. The summed E-state index contributed by atoms with van der Waals surface area (Å²) in [6.07, 6.45) is 1.19. The van der Waals surface area contributed by atoms with E-state index in [2.05, 4.69) is 10.2 Å². The van der Waals surface area contributed by atoms with Crippen LogP contribution < -0.4 is 0 Å². The summed E-state index contributed by atoms with van der Waals surface area (Å²) in [5.41, 5.74) is 0. The van der Waals surface area contributed by atoms with Crippen LogP contribution in [0.25, 0.3) is 0 Å². The van der Waals surface area contributed by atoms with E-state index in [1.54, 1.807) is 18.4 Å². The maximum Gasteiger partial charge on any atom is 0.225 e. The Kier molecular flexibility index (Phi) is 3.16. The van der Waals surface area contributed by atoms with Crippen LogP contribution in [0.15, 0.2) is 0 Å². The molecule has 0 spiro atoms. The van der Waals surface area contributed by atoms with Crippen molar-refractivity contribution in [2.24, 2.45) is 0 Å². The van der Waals surface area contributed by atoms with Crippen LogP contribution in [0.1, 0.15) is 18.8 Å². The Labute approximate surface area is 88.0 Å². The van der Waals surface area contributed by atoms with Crippen LogP contribution in [0, 0.1) is 6.92 Å². The lowest BCUT2D eigenvalue weighted by Crippen LogP contribution is -2.17. The number of sulfone groups is 1. The molecule has 0 saturated heterocycles. The first kappa shape index (κ1) is 11.5. The molecule has 5 nitrogen and oxygen atoms in total. The highest BCUT2D eigenvalue weighted by atomic mass is 35.5. The smallest absolute Gasteiger partial charge is 0.225 e. The minimum absolute atomic E-state index is 0.0333. The van der Waals surface area contributed by atoms with Gasteiger partial charge in [0.2, 0.25) is 5.28 Å². The lowest BCUT2D eigenvalue weighted by molar-refractivity contribution is 0.553. The van der Waals surface area contributed by atoms with E-state index in [-0.39, 0.29) is 17.1 Å². The summed E-state index contributed by atoms with van der Waals surface area (Å²) >= 11 is 5.76. The molecule has 1 unspecified atom stereocenters. The van der Waals surface area contributed by atoms with Gasteiger partial charge in [0.15, 0.2) is 0 Å². The van der Waals surface area contributed by atoms with E-state index >= 15 is 0 Å². The van der Waals surface area contributed by atoms with Crippen molar-refractivity contribution >= 4 is 21.4 Å². The van der Waals surface area contributed by atoms with Crippen LogP contribution in [-0.2, 0) is 9.84 Å². The van der Waals surface area contributed by atoms with Crippen molar-refractivity contribution in [3.05, 3.63) is 11.1 Å². The largest absolute Gasteiger partial charge is 0.298 e. The summed E-state index contributed by atoms with van der Waals surface area (Å²) in [4.78, 5) is 0. The molecule has 0 aromatic carbocycles. The molecule has 14 heavy (non-hydrogen) atoms. The third-order valence-electron chi connectivity index (χ3n) is 1.81. The van der Waals surface area contributed by atoms with Crippen molar-refractivity contribution < 1.29 is 8.42 Å². The number of aryl methyl sites for hydroxylation is 1. The van der Waals surface area contributed by atoms with E-state index in [0.29, 0.717) is 5.82 Å². The van der Waals surface area contributed by atoms with Crippen molar-refractivity contribution in [2.45, 2.75) is 19.9 Å². The zero-order valence-electron chi connectivity index (χ0n) is 8.23. The second-order valence-electron chi connectivity index (χ2n) is 3.33. The monoisotopic (exact) mass is 237 g/mol. The molecule has 0 amide bonds. The standard InChI is InChI=1S/C7H12ClN3O2S/c1-5(4-14(3,12)13)11-6(2)9-10-7(11)8/h5H,4H2,1-3H3. The van der Waals surface area contributed by atoms with Gasteiger partial charge in [-0.15, -0.1) is 10.2 Å². The maximum atomic E-state index is 11.1. The number of rotatable bonds is 3. The molecule has 7 heteroatoms. The summed E-state index contributed by atoms with van der Waals surface area (Å²) in [7, 11) is -3.02. The molecule has 1 aromatic rings. The van der Waals surface area contributed by atoms with Crippen molar-refractivity contribution in [3.63, 3.8) is 0 Å². The van der Waals surface area contributed by atoms with Crippen LogP contribution in [-0.4, -0.2) is 35.2 Å². The fourth-order valence-electron chi connectivity index (χ4n) is 1.36. The fourth-order valence-corrected chi connectivity index (χ4v) is 2.71. The summed E-state index contributed by atoms with van der Waals surface area (Å²) in [6, 6.07) is -0.243. The SMILES string of the molecule is Cc1nnc(Cl)n1C(C)CS(C)(=O)=O. The van der Waals surface area contributed by atoms with Crippen molar-refractivity contribution in [3.8, 4) is 0 Å². The van der Waals surface area contributed by atoms with E-state index in [1.165, 1.54) is 6.26 Å². The second kappa shape index (κ2) is 3.86. The Bertz CT molecular complexity index is 407. The molecule has 80 valence electrons. The average Bonchev–Trinajstić information content (AvgIpc) is 2.27. The van der Waals surface area contributed by atoms with Gasteiger partial charge >= 0.3 is 0 Å². The summed E-state index contributed by atoms with van der Waals surface area (Å²) < 4.78 is 23.7. The molecule has 1 rings (SSSR count). The van der Waals surface area contributed by atoms with Gasteiger partial charge in [0.25, 0.3) is 0 Å². The number of halogens is 1. The van der Waals surface area contributed by atoms with Gasteiger partial charge in [-0.2, -0.15) is 0 Å². The molecule has 0 radical (unpaired) electrons. The van der Waals surface area contributed by atoms with E-state index < -0.39 is 9.84 Å². The fraction of sp³-hybridized carbons (Fsp3) is 0.714. The topological polar surface area (TPSA) is 64.8 Å². The molecule has 1 atom stereocenters. The molecule has 0 aliphatic rings. The first-order chi connectivity index (χ1) is 6.31. The van der Waals surface area contributed by atoms with Gasteiger partial charge in [0.1, 0.15) is 15.7 Å². The lowest BCUT2D eigenvalue weighted by Gasteiger charge is -2.13. The predicted molar refractivity (Wildman–Crippen MR) is 54.2 cm³/mol. The second-order valence-corrected chi connectivity index (χ2v) is 5.85. The Morgan fingerprint density at radius 3 is 2.43 bits per heavy atom. The number of nitrogens with zero attached hydrogens (tertiary/aromatic N) is 3. The summed E-state index contributed by atoms with van der Waals surface area (Å²) in [5, 5.41) is 7.63. The minimum atomic E-state index is -3.02. The van der Waals surface area contributed by atoms with Gasteiger partial charge in [-0.3, -0.25) is 4.57 Å². The van der Waals surface area contributed by atoms with Gasteiger partial charge in [-0.05, 0) is 25.4 Å². The average molecular weight is 238 g/mol. The Morgan fingerprint density at radius 1 is 1.50 bits per heavy atom. The minimum Gasteiger partial charge on any atom is -0.298 e. The maximum absolute atomic E-state index is 11.1. The zero-order chi connectivity index (χ0) is 10.9. The summed E-state index contributed by atoms with van der Waals surface area (Å²) in [5.74, 6) is 0.650. The van der Waals surface area contributed by atoms with Crippen LogP contribution in [0.2, 0.25) is 5.28 Å². The van der Waals surface area contributed by atoms with Crippen LogP contribution in [0.4, 0.5) is 0 Å². The highest BCUT2D eigenvalue weighted by Gasteiger charge is 2.17. The lowest BCUT2D eigenvalue weighted by atomic mass is 10.4. The molecule has 1 aromatic heterocycles. The number of aromatic nitrogens is 3. The first-order valence-electron chi connectivity index (χ1n) is 4.06. The number of hydrogen-bond donors (Lipinski definition) is 0. The first-order valence-corrected chi connectivity index (χ1v) is 6.50. The van der Waals surface area contributed by atoms with E-state index in [0.717, 1.165) is 0 Å². The van der Waals surface area contributed by atoms with Gasteiger partial charge < -0.3 is 0 Å². The van der Waals surface area contributed by atoms with Crippen molar-refractivity contribution in [1.82, 2.24) is 14.8 Å². The van der Waals surface area contributed by atoms with E-state index in [1.807, 2.05) is 0 Å². The third kappa shape index (κ3) is 2.68. The normalized spacial score (nSPS) is 14.3.